The first-order valence-corrected chi connectivity index (χ1v) is 6.69. The molecule has 0 radical (unpaired) electrons. The molecule has 1 aromatic carbocycles. The lowest BCUT2D eigenvalue weighted by atomic mass is 9.97. The average Bonchev–Trinajstić information content (AvgIpc) is 2.41. The van der Waals surface area contributed by atoms with Crippen molar-refractivity contribution >= 4 is 23.0 Å². The lowest BCUT2D eigenvalue weighted by molar-refractivity contribution is 0.0921. The topological polar surface area (TPSA) is 53.1 Å². The van der Waals surface area contributed by atoms with Crippen LogP contribution in [0.2, 0.25) is 5.02 Å². The number of hydrogen-bond donors (Lipinski definition) is 2. The summed E-state index contributed by atoms with van der Waals surface area (Å²) in [7, 11) is 0. The summed E-state index contributed by atoms with van der Waals surface area (Å²) in [6.07, 6.45) is 0.204. The lowest BCUT2D eigenvalue weighted by Gasteiger charge is -2.27. The van der Waals surface area contributed by atoms with Crippen molar-refractivity contribution in [1.29, 1.82) is 5.41 Å². The molecule has 108 valence electrons. The van der Waals surface area contributed by atoms with E-state index in [1.807, 2.05) is 6.08 Å². The van der Waals surface area contributed by atoms with E-state index in [0.717, 1.165) is 0 Å². The molecule has 20 heavy (non-hydrogen) atoms. The molecule has 0 spiro atoms. The van der Waals surface area contributed by atoms with Gasteiger partial charge in [0, 0.05) is 18.7 Å². The Hall–Kier alpha value is -1.46. The van der Waals surface area contributed by atoms with Gasteiger partial charge in [-0.25, -0.2) is 8.78 Å². The Morgan fingerprint density at radius 1 is 1.45 bits per heavy atom. The third-order valence-corrected chi connectivity index (χ3v) is 3.60. The average molecular weight is 300 g/mol. The van der Waals surface area contributed by atoms with Crippen molar-refractivity contribution in [3.63, 3.8) is 0 Å². The summed E-state index contributed by atoms with van der Waals surface area (Å²) in [5, 5.41) is 8.61. The van der Waals surface area contributed by atoms with Gasteiger partial charge < -0.3 is 5.73 Å². The highest BCUT2D eigenvalue weighted by molar-refractivity contribution is 6.34. The SMILES string of the molecule is N=C(C1=CCCN(CC(F)F)C1)c1cccc(Cl)c1N. The minimum absolute atomic E-state index is 0.254. The van der Waals surface area contributed by atoms with Crippen LogP contribution in [0.1, 0.15) is 12.0 Å². The molecule has 0 atom stereocenters. The fourth-order valence-electron chi connectivity index (χ4n) is 2.27. The number of benzene rings is 1. The maximum absolute atomic E-state index is 12.4. The molecule has 1 aliphatic rings. The van der Waals surface area contributed by atoms with Gasteiger partial charge in [0.15, 0.2) is 0 Å². The van der Waals surface area contributed by atoms with Gasteiger partial charge in [-0.3, -0.25) is 10.3 Å². The smallest absolute Gasteiger partial charge is 0.251 e. The molecule has 0 amide bonds. The van der Waals surface area contributed by atoms with E-state index in [2.05, 4.69) is 0 Å². The standard InChI is InChI=1S/C14H16ClF2N3/c15-11-5-1-4-10(14(11)19)13(18)9-3-2-6-20(7-9)8-12(16)17/h1,3-5,12,18H,2,6-8,19H2. The van der Waals surface area contributed by atoms with Crippen LogP contribution in [-0.2, 0) is 0 Å². The zero-order chi connectivity index (χ0) is 14.7. The molecule has 0 bridgehead atoms. The van der Waals surface area contributed by atoms with Crippen LogP contribution in [0.15, 0.2) is 29.8 Å². The van der Waals surface area contributed by atoms with Crippen molar-refractivity contribution in [1.82, 2.24) is 4.90 Å². The molecular weight excluding hydrogens is 284 g/mol. The zero-order valence-electron chi connectivity index (χ0n) is 10.9. The van der Waals surface area contributed by atoms with Crippen LogP contribution in [0.25, 0.3) is 0 Å². The van der Waals surface area contributed by atoms with Gasteiger partial charge in [0.1, 0.15) is 0 Å². The number of anilines is 1. The normalized spacial score (nSPS) is 16.3. The Balaban J connectivity index is 2.17. The molecule has 3 nitrogen and oxygen atoms in total. The number of nitrogens with two attached hydrogens (primary N) is 1. The Bertz CT molecular complexity index is 543. The molecule has 0 aliphatic carbocycles. The maximum Gasteiger partial charge on any atom is 0.251 e. The predicted octanol–water partition coefficient (Wildman–Crippen LogP) is 3.19. The van der Waals surface area contributed by atoms with Crippen molar-refractivity contribution in [2.24, 2.45) is 0 Å². The molecule has 0 saturated heterocycles. The first-order chi connectivity index (χ1) is 9.49. The molecule has 1 heterocycles. The van der Waals surface area contributed by atoms with Crippen molar-refractivity contribution < 1.29 is 8.78 Å². The summed E-state index contributed by atoms with van der Waals surface area (Å²) in [4.78, 5) is 1.65. The van der Waals surface area contributed by atoms with Gasteiger partial charge in [-0.2, -0.15) is 0 Å². The first kappa shape index (κ1) is 14.9. The number of nitrogens with one attached hydrogen (secondary N) is 1. The zero-order valence-corrected chi connectivity index (χ0v) is 11.6. The molecule has 1 aromatic rings. The number of halogens is 3. The number of rotatable bonds is 4. The fourth-order valence-corrected chi connectivity index (χ4v) is 2.44. The highest BCUT2D eigenvalue weighted by atomic mass is 35.5. The third kappa shape index (κ3) is 3.35. The highest BCUT2D eigenvalue weighted by Crippen LogP contribution is 2.25. The number of nitrogen functional groups attached to an aromatic ring is 1. The van der Waals surface area contributed by atoms with Crippen LogP contribution < -0.4 is 5.73 Å². The van der Waals surface area contributed by atoms with E-state index >= 15 is 0 Å². The van der Waals surface area contributed by atoms with Crippen molar-refractivity contribution in [2.45, 2.75) is 12.8 Å². The minimum atomic E-state index is -2.36. The highest BCUT2D eigenvalue weighted by Gasteiger charge is 2.20. The number of alkyl halides is 2. The molecular formula is C14H16ClF2N3. The van der Waals surface area contributed by atoms with E-state index in [4.69, 9.17) is 22.7 Å². The van der Waals surface area contributed by atoms with E-state index in [1.165, 1.54) is 0 Å². The van der Waals surface area contributed by atoms with Gasteiger partial charge in [-0.05, 0) is 18.1 Å². The predicted molar refractivity (Wildman–Crippen MR) is 77.8 cm³/mol. The van der Waals surface area contributed by atoms with E-state index in [0.29, 0.717) is 41.4 Å². The minimum Gasteiger partial charge on any atom is -0.397 e. The molecule has 0 aromatic heterocycles. The number of para-hydroxylation sites is 1. The number of nitrogens with zero attached hydrogens (tertiary/aromatic N) is 1. The molecule has 0 saturated carbocycles. The second-order valence-corrected chi connectivity index (χ2v) is 5.13. The van der Waals surface area contributed by atoms with Gasteiger partial charge in [0.05, 0.1) is 23.0 Å². The molecule has 0 unspecified atom stereocenters. The summed E-state index contributed by atoms with van der Waals surface area (Å²) in [6.45, 7) is 0.664. The van der Waals surface area contributed by atoms with Crippen molar-refractivity contribution in [2.75, 3.05) is 25.4 Å². The molecule has 3 N–H and O–H groups in total. The quantitative estimate of drug-likeness (QED) is 0.663. The second-order valence-electron chi connectivity index (χ2n) is 4.72. The van der Waals surface area contributed by atoms with E-state index in [9.17, 15) is 8.78 Å². The van der Waals surface area contributed by atoms with Gasteiger partial charge >= 0.3 is 0 Å². The van der Waals surface area contributed by atoms with Crippen LogP contribution in [0.5, 0.6) is 0 Å². The van der Waals surface area contributed by atoms with E-state index < -0.39 is 6.43 Å². The van der Waals surface area contributed by atoms with E-state index in [-0.39, 0.29) is 12.3 Å². The van der Waals surface area contributed by atoms with Gasteiger partial charge in [-0.15, -0.1) is 0 Å². The van der Waals surface area contributed by atoms with Gasteiger partial charge in [0.2, 0.25) is 0 Å². The maximum atomic E-state index is 12.4. The van der Waals surface area contributed by atoms with Gasteiger partial charge in [-0.1, -0.05) is 29.8 Å². The Morgan fingerprint density at radius 3 is 2.90 bits per heavy atom. The monoisotopic (exact) mass is 299 g/mol. The second kappa shape index (κ2) is 6.33. The van der Waals surface area contributed by atoms with Gasteiger partial charge in [0.25, 0.3) is 6.43 Å². The summed E-state index contributed by atoms with van der Waals surface area (Å²) >= 11 is 5.94. The molecule has 0 fully saturated rings. The Labute approximate surface area is 121 Å². The van der Waals surface area contributed by atoms with Crippen LogP contribution in [0.3, 0.4) is 0 Å². The Morgan fingerprint density at radius 2 is 2.20 bits per heavy atom. The first-order valence-electron chi connectivity index (χ1n) is 6.32. The van der Waals surface area contributed by atoms with Crippen molar-refractivity contribution in [3.05, 3.63) is 40.4 Å². The largest absolute Gasteiger partial charge is 0.397 e. The number of hydrogen-bond acceptors (Lipinski definition) is 3. The Kier molecular flexibility index (Phi) is 4.73. The van der Waals surface area contributed by atoms with Crippen LogP contribution >= 0.6 is 11.6 Å². The molecule has 2 rings (SSSR count). The summed E-state index contributed by atoms with van der Waals surface area (Å²) in [5.74, 6) is 0. The molecule has 6 heteroatoms. The van der Waals surface area contributed by atoms with E-state index in [1.54, 1.807) is 23.1 Å². The van der Waals surface area contributed by atoms with Crippen LogP contribution in [-0.4, -0.2) is 36.7 Å². The lowest BCUT2D eigenvalue weighted by Crippen LogP contribution is -2.35. The van der Waals surface area contributed by atoms with Crippen LogP contribution in [0, 0.1) is 5.41 Å². The fraction of sp³-hybridized carbons (Fsp3) is 0.357. The summed E-state index contributed by atoms with van der Waals surface area (Å²) < 4.78 is 24.9. The van der Waals surface area contributed by atoms with Crippen LogP contribution in [0.4, 0.5) is 14.5 Å². The third-order valence-electron chi connectivity index (χ3n) is 3.27. The molecule has 1 aliphatic heterocycles. The summed E-state index contributed by atoms with van der Waals surface area (Å²) in [5.41, 5.74) is 7.74. The summed E-state index contributed by atoms with van der Waals surface area (Å²) in [6, 6.07) is 5.10. The van der Waals surface area contributed by atoms with Crippen molar-refractivity contribution in [3.8, 4) is 0 Å².